The number of rotatable bonds is 6. The molecule has 0 aliphatic rings. The Balaban J connectivity index is 1.74. The Labute approximate surface area is 192 Å². The van der Waals surface area contributed by atoms with Crippen LogP contribution in [0.3, 0.4) is 0 Å². The van der Waals surface area contributed by atoms with Gasteiger partial charge in [-0.2, -0.15) is 0 Å². The van der Waals surface area contributed by atoms with Gasteiger partial charge < -0.3 is 20.4 Å². The summed E-state index contributed by atoms with van der Waals surface area (Å²) in [5, 5.41) is 2.64. The molecule has 1 aromatic heterocycles. The van der Waals surface area contributed by atoms with E-state index < -0.39 is 23.5 Å². The average Bonchev–Trinajstić information content (AvgIpc) is 3.15. The Morgan fingerprint density at radius 1 is 1.06 bits per heavy atom. The number of hydrogen-bond donors (Lipinski definition) is 2. The molecule has 9 nitrogen and oxygen atoms in total. The summed E-state index contributed by atoms with van der Waals surface area (Å²) in [6.07, 6.45) is 0.955. The van der Waals surface area contributed by atoms with E-state index in [1.54, 1.807) is 56.7 Å². The van der Waals surface area contributed by atoms with Crippen LogP contribution < -0.4 is 16.0 Å². The number of aromatic nitrogens is 2. The number of amides is 3. The topological polar surface area (TPSA) is 120 Å². The van der Waals surface area contributed by atoms with Gasteiger partial charge in [0.25, 0.3) is 11.8 Å². The van der Waals surface area contributed by atoms with Crippen LogP contribution in [0.1, 0.15) is 47.2 Å². The number of carbonyl (C=O) groups is 3. The second-order valence-electron chi connectivity index (χ2n) is 8.46. The van der Waals surface area contributed by atoms with Crippen molar-refractivity contribution in [2.24, 2.45) is 5.73 Å². The standard InChI is InChI=1S/C24H27N5O4/c1-24(2,3)33-23(32)28(4)18-12-10-17(11-13-18)22(31)27-21-19(20(25)30)29(15-26-21)14-16-8-6-5-7-9-16/h5-13,15H,14H2,1-4H3,(H2,25,30)(H,27,31). The number of nitrogens with zero attached hydrogens (tertiary/aromatic N) is 3. The molecule has 3 aromatic rings. The number of imidazole rings is 1. The summed E-state index contributed by atoms with van der Waals surface area (Å²) in [5.74, 6) is -1.08. The maximum absolute atomic E-state index is 12.7. The first-order valence-electron chi connectivity index (χ1n) is 10.3. The van der Waals surface area contributed by atoms with Crippen molar-refractivity contribution in [3.63, 3.8) is 0 Å². The van der Waals surface area contributed by atoms with Gasteiger partial charge in [0.15, 0.2) is 11.5 Å². The van der Waals surface area contributed by atoms with Crippen molar-refractivity contribution < 1.29 is 19.1 Å². The van der Waals surface area contributed by atoms with Crippen LogP contribution in [-0.2, 0) is 11.3 Å². The largest absolute Gasteiger partial charge is 0.443 e. The quantitative estimate of drug-likeness (QED) is 0.595. The molecule has 33 heavy (non-hydrogen) atoms. The molecule has 0 fully saturated rings. The Bertz CT molecular complexity index is 1150. The molecule has 3 N–H and O–H groups in total. The van der Waals surface area contributed by atoms with Crippen LogP contribution in [0.4, 0.5) is 16.3 Å². The van der Waals surface area contributed by atoms with Crippen LogP contribution in [0.25, 0.3) is 0 Å². The van der Waals surface area contributed by atoms with Gasteiger partial charge in [-0.1, -0.05) is 30.3 Å². The minimum atomic E-state index is -0.701. The summed E-state index contributed by atoms with van der Waals surface area (Å²) in [6.45, 7) is 5.74. The van der Waals surface area contributed by atoms with Crippen LogP contribution in [0.15, 0.2) is 60.9 Å². The van der Waals surface area contributed by atoms with Crippen LogP contribution in [0.2, 0.25) is 0 Å². The van der Waals surface area contributed by atoms with Crippen molar-refractivity contribution in [1.82, 2.24) is 9.55 Å². The summed E-state index contributed by atoms with van der Waals surface area (Å²) in [4.78, 5) is 42.5. The Morgan fingerprint density at radius 2 is 1.70 bits per heavy atom. The van der Waals surface area contributed by atoms with Gasteiger partial charge in [-0.15, -0.1) is 0 Å². The minimum absolute atomic E-state index is 0.0818. The first kappa shape index (κ1) is 23.5. The Hall–Kier alpha value is -4.14. The lowest BCUT2D eigenvalue weighted by Crippen LogP contribution is -2.34. The van der Waals surface area contributed by atoms with Crippen LogP contribution in [0, 0.1) is 0 Å². The fourth-order valence-electron chi connectivity index (χ4n) is 3.08. The van der Waals surface area contributed by atoms with Gasteiger partial charge in [0.05, 0.1) is 6.33 Å². The number of primary amides is 1. The predicted octanol–water partition coefficient (Wildman–Crippen LogP) is 3.65. The molecule has 1 heterocycles. The van der Waals surface area contributed by atoms with Crippen molar-refractivity contribution in [3.05, 3.63) is 77.7 Å². The van der Waals surface area contributed by atoms with Crippen molar-refractivity contribution in [2.45, 2.75) is 32.9 Å². The van der Waals surface area contributed by atoms with Gasteiger partial charge in [0.2, 0.25) is 0 Å². The smallest absolute Gasteiger partial charge is 0.414 e. The van der Waals surface area contributed by atoms with Crippen molar-refractivity contribution >= 4 is 29.4 Å². The van der Waals surface area contributed by atoms with E-state index in [1.165, 1.54) is 11.2 Å². The fourth-order valence-corrected chi connectivity index (χ4v) is 3.08. The van der Waals surface area contributed by atoms with E-state index in [0.29, 0.717) is 17.8 Å². The number of benzene rings is 2. The molecule has 0 bridgehead atoms. The molecule has 9 heteroatoms. The second-order valence-corrected chi connectivity index (χ2v) is 8.46. The van der Waals surface area contributed by atoms with Gasteiger partial charge in [-0.05, 0) is 50.6 Å². The molecule has 0 atom stereocenters. The first-order chi connectivity index (χ1) is 15.5. The zero-order valence-electron chi connectivity index (χ0n) is 19.0. The zero-order valence-corrected chi connectivity index (χ0v) is 19.0. The third kappa shape index (κ3) is 5.97. The van der Waals surface area contributed by atoms with E-state index in [0.717, 1.165) is 5.56 Å². The number of carbonyl (C=O) groups excluding carboxylic acids is 3. The van der Waals surface area contributed by atoms with Gasteiger partial charge in [-0.3, -0.25) is 14.5 Å². The molecule has 0 spiro atoms. The van der Waals surface area contributed by atoms with E-state index in [4.69, 9.17) is 10.5 Å². The van der Waals surface area contributed by atoms with Gasteiger partial charge in [-0.25, -0.2) is 9.78 Å². The highest BCUT2D eigenvalue weighted by Gasteiger charge is 2.22. The number of anilines is 2. The van der Waals surface area contributed by atoms with Crippen LogP contribution >= 0.6 is 0 Å². The first-order valence-corrected chi connectivity index (χ1v) is 10.3. The highest BCUT2D eigenvalue weighted by Crippen LogP contribution is 2.20. The molecule has 172 valence electrons. The molecule has 2 aromatic carbocycles. The number of nitrogens with one attached hydrogen (secondary N) is 1. The minimum Gasteiger partial charge on any atom is -0.443 e. The van der Waals surface area contributed by atoms with E-state index in [9.17, 15) is 14.4 Å². The van der Waals surface area contributed by atoms with Crippen LogP contribution in [0.5, 0.6) is 0 Å². The zero-order chi connectivity index (χ0) is 24.2. The SMILES string of the molecule is CN(C(=O)OC(C)(C)C)c1ccc(C(=O)Nc2ncn(Cc3ccccc3)c2C(N)=O)cc1. The fraction of sp³-hybridized carbons (Fsp3) is 0.250. The summed E-state index contributed by atoms with van der Waals surface area (Å²) >= 11 is 0. The van der Waals surface area contributed by atoms with Gasteiger partial charge >= 0.3 is 6.09 Å². The third-order valence-electron chi connectivity index (χ3n) is 4.68. The lowest BCUT2D eigenvalue weighted by Gasteiger charge is -2.24. The lowest BCUT2D eigenvalue weighted by molar-refractivity contribution is 0.0589. The molecule has 0 unspecified atom stereocenters. The molecule has 0 aliphatic carbocycles. The Kier molecular flexibility index (Phi) is 6.81. The number of hydrogen-bond acceptors (Lipinski definition) is 5. The molecular formula is C24H27N5O4. The number of ether oxygens (including phenoxy) is 1. The molecule has 0 saturated carbocycles. The molecule has 3 rings (SSSR count). The molecule has 0 saturated heterocycles. The van der Waals surface area contributed by atoms with Crippen molar-refractivity contribution in [3.8, 4) is 0 Å². The van der Waals surface area contributed by atoms with Crippen molar-refractivity contribution in [2.75, 3.05) is 17.3 Å². The lowest BCUT2D eigenvalue weighted by atomic mass is 10.2. The number of nitrogens with two attached hydrogens (primary N) is 1. The van der Waals surface area contributed by atoms with Crippen molar-refractivity contribution in [1.29, 1.82) is 0 Å². The van der Waals surface area contributed by atoms with E-state index in [-0.39, 0.29) is 11.5 Å². The predicted molar refractivity (Wildman–Crippen MR) is 125 cm³/mol. The maximum Gasteiger partial charge on any atom is 0.414 e. The highest BCUT2D eigenvalue weighted by atomic mass is 16.6. The summed E-state index contributed by atoms with van der Waals surface area (Å²) in [6, 6.07) is 15.9. The summed E-state index contributed by atoms with van der Waals surface area (Å²) < 4.78 is 6.93. The van der Waals surface area contributed by atoms with Crippen LogP contribution in [-0.4, -0.2) is 40.1 Å². The van der Waals surface area contributed by atoms with E-state index >= 15 is 0 Å². The van der Waals surface area contributed by atoms with E-state index in [2.05, 4.69) is 10.3 Å². The normalized spacial score (nSPS) is 11.0. The second kappa shape index (κ2) is 9.56. The molecular weight excluding hydrogens is 422 g/mol. The summed E-state index contributed by atoms with van der Waals surface area (Å²) in [5.41, 5.74) is 6.88. The van der Waals surface area contributed by atoms with E-state index in [1.807, 2.05) is 30.3 Å². The molecule has 3 amide bonds. The van der Waals surface area contributed by atoms with Gasteiger partial charge in [0.1, 0.15) is 5.60 Å². The molecule has 0 radical (unpaired) electrons. The third-order valence-corrected chi connectivity index (χ3v) is 4.68. The Morgan fingerprint density at radius 3 is 2.27 bits per heavy atom. The maximum atomic E-state index is 12.7. The summed E-state index contributed by atoms with van der Waals surface area (Å²) in [7, 11) is 1.58. The monoisotopic (exact) mass is 449 g/mol. The highest BCUT2D eigenvalue weighted by molar-refractivity contribution is 6.07. The molecule has 0 aliphatic heterocycles. The average molecular weight is 450 g/mol. The van der Waals surface area contributed by atoms with Gasteiger partial charge in [0, 0.05) is 24.8 Å².